The van der Waals surface area contributed by atoms with Crippen LogP contribution in [0.15, 0.2) is 10.7 Å². The molecular weight excluding hydrogens is 237 g/mol. The number of hydrogen-bond acceptors (Lipinski definition) is 2. The first-order valence-corrected chi connectivity index (χ1v) is 3.71. The minimum absolute atomic E-state index is 0.0942. The number of pyridine rings is 1. The zero-order chi connectivity index (χ0) is 9.30. The Kier molecular flexibility index (Phi) is 2.56. The van der Waals surface area contributed by atoms with E-state index in [0.29, 0.717) is 0 Å². The van der Waals surface area contributed by atoms with Crippen molar-refractivity contribution in [3.8, 4) is 0 Å². The number of nitrogens with two attached hydrogens (primary N) is 1. The summed E-state index contributed by atoms with van der Waals surface area (Å²) < 4.78 is 36.9. The van der Waals surface area contributed by atoms with Crippen molar-refractivity contribution in [2.75, 3.05) is 5.73 Å². The highest BCUT2D eigenvalue weighted by atomic mass is 79.9. The normalized spacial score (nSPS) is 10.8. The van der Waals surface area contributed by atoms with E-state index in [9.17, 15) is 13.2 Å². The van der Waals surface area contributed by atoms with E-state index in [1.807, 2.05) is 0 Å². The predicted octanol–water partition coefficient (Wildman–Crippen LogP) is 2.50. The Labute approximate surface area is 74.7 Å². The number of alkyl halides is 2. The Balaban J connectivity index is 3.28. The molecule has 0 aliphatic carbocycles. The van der Waals surface area contributed by atoms with Gasteiger partial charge in [0.05, 0.1) is 5.56 Å². The zero-order valence-corrected chi connectivity index (χ0v) is 7.28. The number of anilines is 1. The Morgan fingerprint density at radius 3 is 2.58 bits per heavy atom. The van der Waals surface area contributed by atoms with Crippen molar-refractivity contribution in [3.05, 3.63) is 22.1 Å². The molecule has 0 aliphatic rings. The van der Waals surface area contributed by atoms with Gasteiger partial charge in [-0.1, -0.05) is 0 Å². The molecule has 1 heterocycles. The molecule has 0 radical (unpaired) electrons. The van der Waals surface area contributed by atoms with Crippen molar-refractivity contribution in [2.45, 2.75) is 6.43 Å². The van der Waals surface area contributed by atoms with E-state index in [-0.39, 0.29) is 4.60 Å². The molecule has 1 aromatic heterocycles. The highest BCUT2D eigenvalue weighted by molar-refractivity contribution is 9.10. The summed E-state index contributed by atoms with van der Waals surface area (Å²) in [5.41, 5.74) is 4.27. The summed E-state index contributed by atoms with van der Waals surface area (Å²) in [6, 6.07) is 0.899. The highest BCUT2D eigenvalue weighted by Gasteiger charge is 2.17. The van der Waals surface area contributed by atoms with Crippen molar-refractivity contribution in [1.82, 2.24) is 4.98 Å². The van der Waals surface area contributed by atoms with Crippen LogP contribution in [0.2, 0.25) is 0 Å². The number of rotatable bonds is 1. The lowest BCUT2D eigenvalue weighted by molar-refractivity contribution is 0.146. The molecular formula is C6H4BrF3N2. The maximum Gasteiger partial charge on any atom is 0.266 e. The minimum Gasteiger partial charge on any atom is -0.381 e. The number of hydrogen-bond donors (Lipinski definition) is 1. The molecule has 2 N–H and O–H groups in total. The average Bonchev–Trinajstić information content (AvgIpc) is 1.96. The molecule has 0 aromatic carbocycles. The van der Waals surface area contributed by atoms with Crippen LogP contribution >= 0.6 is 15.9 Å². The summed E-state index contributed by atoms with van der Waals surface area (Å²) in [7, 11) is 0. The molecule has 0 amide bonds. The van der Waals surface area contributed by atoms with Crippen LogP contribution < -0.4 is 5.73 Å². The minimum atomic E-state index is -2.88. The molecule has 0 atom stereocenters. The van der Waals surface area contributed by atoms with E-state index >= 15 is 0 Å². The fraction of sp³-hybridized carbons (Fsp3) is 0.167. The van der Waals surface area contributed by atoms with E-state index in [1.54, 1.807) is 0 Å². The second-order valence-electron chi connectivity index (χ2n) is 2.03. The van der Waals surface area contributed by atoms with Gasteiger partial charge in [0.15, 0.2) is 11.6 Å². The second-order valence-corrected chi connectivity index (χ2v) is 2.85. The molecule has 0 spiro atoms. The summed E-state index contributed by atoms with van der Waals surface area (Å²) >= 11 is 2.82. The van der Waals surface area contributed by atoms with Crippen LogP contribution in [0.1, 0.15) is 12.0 Å². The van der Waals surface area contributed by atoms with Crippen molar-refractivity contribution >= 4 is 21.7 Å². The van der Waals surface area contributed by atoms with Gasteiger partial charge in [0, 0.05) is 0 Å². The molecule has 0 saturated carbocycles. The smallest absolute Gasteiger partial charge is 0.266 e. The number of nitrogen functional groups attached to an aromatic ring is 1. The van der Waals surface area contributed by atoms with Crippen LogP contribution in [-0.2, 0) is 0 Å². The van der Waals surface area contributed by atoms with Gasteiger partial charge in [-0.2, -0.15) is 0 Å². The highest BCUT2D eigenvalue weighted by Crippen LogP contribution is 2.26. The van der Waals surface area contributed by atoms with Crippen molar-refractivity contribution in [3.63, 3.8) is 0 Å². The quantitative estimate of drug-likeness (QED) is 0.767. The molecule has 0 saturated heterocycles. The fourth-order valence-electron chi connectivity index (χ4n) is 0.695. The van der Waals surface area contributed by atoms with Crippen LogP contribution in [0.5, 0.6) is 0 Å². The van der Waals surface area contributed by atoms with Crippen LogP contribution in [0, 0.1) is 5.82 Å². The maximum atomic E-state index is 12.7. The largest absolute Gasteiger partial charge is 0.381 e. The van der Waals surface area contributed by atoms with Gasteiger partial charge in [0.1, 0.15) is 4.60 Å². The third-order valence-electron chi connectivity index (χ3n) is 1.22. The molecule has 2 nitrogen and oxygen atoms in total. The molecule has 12 heavy (non-hydrogen) atoms. The zero-order valence-electron chi connectivity index (χ0n) is 5.69. The van der Waals surface area contributed by atoms with E-state index in [0.717, 1.165) is 6.07 Å². The van der Waals surface area contributed by atoms with Crippen molar-refractivity contribution in [2.24, 2.45) is 0 Å². The van der Waals surface area contributed by atoms with Crippen LogP contribution in [0.25, 0.3) is 0 Å². The Morgan fingerprint density at radius 1 is 1.50 bits per heavy atom. The van der Waals surface area contributed by atoms with Gasteiger partial charge in [-0.15, -0.1) is 0 Å². The second kappa shape index (κ2) is 3.30. The first-order chi connectivity index (χ1) is 5.52. The summed E-state index contributed by atoms with van der Waals surface area (Å²) in [4.78, 5) is 3.40. The van der Waals surface area contributed by atoms with Gasteiger partial charge in [-0.25, -0.2) is 18.2 Å². The van der Waals surface area contributed by atoms with Crippen LogP contribution in [-0.4, -0.2) is 4.98 Å². The first-order valence-electron chi connectivity index (χ1n) is 2.92. The summed E-state index contributed by atoms with van der Waals surface area (Å²) in [6.07, 6.45) is -2.88. The molecule has 0 aliphatic heterocycles. The van der Waals surface area contributed by atoms with Crippen LogP contribution in [0.4, 0.5) is 19.0 Å². The molecule has 1 aromatic rings. The molecule has 0 bridgehead atoms. The monoisotopic (exact) mass is 240 g/mol. The van der Waals surface area contributed by atoms with Gasteiger partial charge in [0.25, 0.3) is 6.43 Å². The van der Waals surface area contributed by atoms with Gasteiger partial charge in [0.2, 0.25) is 0 Å². The third kappa shape index (κ3) is 1.69. The van der Waals surface area contributed by atoms with Crippen LogP contribution in [0.3, 0.4) is 0 Å². The summed E-state index contributed by atoms with van der Waals surface area (Å²) in [5, 5.41) is 0. The molecule has 6 heteroatoms. The Morgan fingerprint density at radius 2 is 2.08 bits per heavy atom. The lowest BCUT2D eigenvalue weighted by atomic mass is 10.2. The number of halogens is 4. The lowest BCUT2D eigenvalue weighted by Crippen LogP contribution is -2.00. The van der Waals surface area contributed by atoms with Gasteiger partial charge in [-0.05, 0) is 22.0 Å². The van der Waals surface area contributed by atoms with E-state index in [1.165, 1.54) is 0 Å². The maximum absolute atomic E-state index is 12.7. The standard InChI is InChI=1S/C6H4BrF3N2/c7-3-1-2(5(9)10)4(8)6(11)12-3/h1,5H,(H2,11,12). The number of nitrogens with zero attached hydrogens (tertiary/aromatic N) is 1. The first kappa shape index (κ1) is 9.31. The van der Waals surface area contributed by atoms with Gasteiger partial charge >= 0.3 is 0 Å². The Hall–Kier alpha value is -0.780. The topological polar surface area (TPSA) is 38.9 Å². The molecule has 0 unspecified atom stereocenters. The van der Waals surface area contributed by atoms with E-state index < -0.39 is 23.6 Å². The molecule has 66 valence electrons. The SMILES string of the molecule is Nc1nc(Br)cc(C(F)F)c1F. The summed E-state index contributed by atoms with van der Waals surface area (Å²) in [5.74, 6) is -1.69. The molecule has 0 fully saturated rings. The van der Waals surface area contributed by atoms with Gasteiger partial charge in [-0.3, -0.25) is 0 Å². The Bertz CT molecular complexity index is 303. The van der Waals surface area contributed by atoms with Crippen molar-refractivity contribution in [1.29, 1.82) is 0 Å². The average molecular weight is 241 g/mol. The number of aromatic nitrogens is 1. The fourth-order valence-corrected chi connectivity index (χ4v) is 1.13. The predicted molar refractivity (Wildman–Crippen MR) is 41.3 cm³/mol. The third-order valence-corrected chi connectivity index (χ3v) is 1.62. The van der Waals surface area contributed by atoms with E-state index in [2.05, 4.69) is 20.9 Å². The lowest BCUT2D eigenvalue weighted by Gasteiger charge is -2.03. The van der Waals surface area contributed by atoms with Gasteiger partial charge < -0.3 is 5.73 Å². The van der Waals surface area contributed by atoms with E-state index in [4.69, 9.17) is 5.73 Å². The summed E-state index contributed by atoms with van der Waals surface area (Å²) in [6.45, 7) is 0. The van der Waals surface area contributed by atoms with Crippen molar-refractivity contribution < 1.29 is 13.2 Å². The molecule has 1 rings (SSSR count).